The number of carbonyl (C=O) groups excluding carboxylic acids is 2. The Morgan fingerprint density at radius 1 is 1.19 bits per heavy atom. The number of halogens is 1. The molecule has 0 bridgehead atoms. The van der Waals surface area contributed by atoms with E-state index in [1.54, 1.807) is 35.2 Å². The molecule has 1 N–H and O–H groups in total. The third kappa shape index (κ3) is 2.53. The zero-order chi connectivity index (χ0) is 15.0. The van der Waals surface area contributed by atoms with Crippen LogP contribution in [0.25, 0.3) is 0 Å². The molecule has 0 saturated carbocycles. The summed E-state index contributed by atoms with van der Waals surface area (Å²) >= 11 is 2.00. The molecule has 0 unspecified atom stereocenters. The first kappa shape index (κ1) is 14.1. The third-order valence-corrected chi connectivity index (χ3v) is 4.41. The lowest BCUT2D eigenvalue weighted by molar-refractivity contribution is 0.0955. The Balaban J connectivity index is 2.01. The second-order valence-electron chi connectivity index (χ2n) is 4.81. The van der Waals surface area contributed by atoms with Crippen molar-refractivity contribution in [2.24, 2.45) is 0 Å². The number of rotatable bonds is 1. The first-order valence-electron chi connectivity index (χ1n) is 6.50. The van der Waals surface area contributed by atoms with Gasteiger partial charge < -0.3 is 10.0 Å². The fraction of sp³-hybridized carbons (Fsp3) is 0.125. The van der Waals surface area contributed by atoms with Gasteiger partial charge in [-0.2, -0.15) is 0 Å². The van der Waals surface area contributed by atoms with Crippen LogP contribution in [0.2, 0.25) is 0 Å². The third-order valence-electron chi connectivity index (χ3n) is 3.50. The maximum absolute atomic E-state index is 12.6. The number of amides is 1. The average molecular weight is 393 g/mol. The summed E-state index contributed by atoms with van der Waals surface area (Å²) in [5.74, 6) is -0.0652. The number of hydrogen-bond donors (Lipinski definition) is 1. The monoisotopic (exact) mass is 393 g/mol. The van der Waals surface area contributed by atoms with Gasteiger partial charge in [-0.3, -0.25) is 9.59 Å². The van der Waals surface area contributed by atoms with Gasteiger partial charge >= 0.3 is 0 Å². The van der Waals surface area contributed by atoms with Crippen LogP contribution in [-0.2, 0) is 0 Å². The Labute approximate surface area is 135 Å². The van der Waals surface area contributed by atoms with Crippen LogP contribution in [0.4, 0.5) is 5.69 Å². The smallest absolute Gasteiger partial charge is 0.258 e. The number of hydrogen-bond acceptors (Lipinski definition) is 3. The number of phenols is 1. The number of anilines is 1. The molecule has 1 amide bonds. The van der Waals surface area contributed by atoms with Gasteiger partial charge in [-0.1, -0.05) is 12.1 Å². The van der Waals surface area contributed by atoms with Crippen molar-refractivity contribution in [2.45, 2.75) is 6.42 Å². The standard InChI is InChI=1S/C16H12INO3/c17-12-6-5-10(9-15(12)20)16(21)18-8-7-14(19)11-3-1-2-4-13(11)18/h1-6,9,20H,7-8H2. The highest BCUT2D eigenvalue weighted by Crippen LogP contribution is 2.29. The summed E-state index contributed by atoms with van der Waals surface area (Å²) in [6.07, 6.45) is 0.319. The highest BCUT2D eigenvalue weighted by Gasteiger charge is 2.27. The van der Waals surface area contributed by atoms with Gasteiger partial charge in [-0.05, 0) is 52.9 Å². The molecule has 1 aliphatic rings. The van der Waals surface area contributed by atoms with Gasteiger partial charge in [0, 0.05) is 24.1 Å². The summed E-state index contributed by atoms with van der Waals surface area (Å²) in [6.45, 7) is 0.363. The second-order valence-corrected chi connectivity index (χ2v) is 5.98. The van der Waals surface area contributed by atoms with Gasteiger partial charge in [0.1, 0.15) is 5.75 Å². The van der Waals surface area contributed by atoms with Crippen LogP contribution in [-0.4, -0.2) is 23.3 Å². The fourth-order valence-corrected chi connectivity index (χ4v) is 2.76. The summed E-state index contributed by atoms with van der Waals surface area (Å²) in [5, 5.41) is 9.75. The lowest BCUT2D eigenvalue weighted by Gasteiger charge is -2.28. The number of para-hydroxylation sites is 1. The Morgan fingerprint density at radius 3 is 2.71 bits per heavy atom. The molecular weight excluding hydrogens is 381 g/mol. The van der Waals surface area contributed by atoms with Gasteiger partial charge in [0.15, 0.2) is 5.78 Å². The summed E-state index contributed by atoms with van der Waals surface area (Å²) in [4.78, 5) is 26.1. The number of Topliss-reactive ketones (excluding diaryl/α,β-unsaturated/α-hetero) is 1. The number of aromatic hydroxyl groups is 1. The Kier molecular flexibility index (Phi) is 3.67. The summed E-state index contributed by atoms with van der Waals surface area (Å²) in [5.41, 5.74) is 1.63. The van der Waals surface area contributed by atoms with Crippen molar-refractivity contribution in [3.05, 3.63) is 57.2 Å². The average Bonchev–Trinajstić information content (AvgIpc) is 2.50. The molecule has 0 saturated heterocycles. The normalized spacial score (nSPS) is 14.0. The maximum Gasteiger partial charge on any atom is 0.258 e. The number of nitrogens with zero attached hydrogens (tertiary/aromatic N) is 1. The number of ketones is 1. The van der Waals surface area contributed by atoms with Gasteiger partial charge in [-0.15, -0.1) is 0 Å². The molecule has 0 radical (unpaired) electrons. The first-order chi connectivity index (χ1) is 10.1. The van der Waals surface area contributed by atoms with E-state index in [9.17, 15) is 14.7 Å². The number of phenolic OH excluding ortho intramolecular Hbond substituents is 1. The molecule has 3 rings (SSSR count). The maximum atomic E-state index is 12.6. The van der Waals surface area contributed by atoms with Crippen molar-refractivity contribution >= 4 is 40.0 Å². The van der Waals surface area contributed by atoms with Gasteiger partial charge in [0.05, 0.1) is 9.26 Å². The highest BCUT2D eigenvalue weighted by molar-refractivity contribution is 14.1. The number of carbonyl (C=O) groups is 2. The van der Waals surface area contributed by atoms with E-state index in [1.807, 2.05) is 28.7 Å². The quantitative estimate of drug-likeness (QED) is 0.757. The molecule has 0 atom stereocenters. The van der Waals surface area contributed by atoms with E-state index in [-0.39, 0.29) is 17.4 Å². The van der Waals surface area contributed by atoms with Crippen molar-refractivity contribution in [2.75, 3.05) is 11.4 Å². The molecule has 0 aliphatic carbocycles. The summed E-state index contributed by atoms with van der Waals surface area (Å²) in [6, 6.07) is 12.0. The van der Waals surface area contributed by atoms with E-state index in [4.69, 9.17) is 0 Å². The van der Waals surface area contributed by atoms with Crippen LogP contribution < -0.4 is 4.90 Å². The van der Waals surface area contributed by atoms with E-state index in [0.29, 0.717) is 33.4 Å². The van der Waals surface area contributed by atoms with Crippen molar-refractivity contribution in [1.82, 2.24) is 0 Å². The van der Waals surface area contributed by atoms with Crippen molar-refractivity contribution in [3.8, 4) is 5.75 Å². The predicted molar refractivity (Wildman–Crippen MR) is 87.9 cm³/mol. The summed E-state index contributed by atoms with van der Waals surface area (Å²) < 4.78 is 0.693. The number of fused-ring (bicyclic) bond motifs is 1. The topological polar surface area (TPSA) is 57.6 Å². The molecule has 2 aromatic carbocycles. The van der Waals surface area contributed by atoms with E-state index < -0.39 is 0 Å². The summed E-state index contributed by atoms with van der Waals surface area (Å²) in [7, 11) is 0. The molecular formula is C16H12INO3. The van der Waals surface area contributed by atoms with Gasteiger partial charge in [0.25, 0.3) is 5.91 Å². The molecule has 0 aromatic heterocycles. The minimum Gasteiger partial charge on any atom is -0.507 e. The Morgan fingerprint density at radius 2 is 1.95 bits per heavy atom. The molecule has 106 valence electrons. The van der Waals surface area contributed by atoms with Crippen LogP contribution in [0.5, 0.6) is 5.75 Å². The minimum atomic E-state index is -0.207. The van der Waals surface area contributed by atoms with E-state index in [1.165, 1.54) is 6.07 Å². The molecule has 0 spiro atoms. The molecule has 1 heterocycles. The van der Waals surface area contributed by atoms with E-state index in [0.717, 1.165) is 0 Å². The second kappa shape index (κ2) is 5.48. The molecule has 1 aliphatic heterocycles. The molecule has 5 heteroatoms. The zero-order valence-electron chi connectivity index (χ0n) is 11.0. The van der Waals surface area contributed by atoms with Crippen LogP contribution >= 0.6 is 22.6 Å². The van der Waals surface area contributed by atoms with Crippen LogP contribution in [0.15, 0.2) is 42.5 Å². The molecule has 2 aromatic rings. The van der Waals surface area contributed by atoms with Crippen molar-refractivity contribution in [1.29, 1.82) is 0 Å². The van der Waals surface area contributed by atoms with Crippen molar-refractivity contribution in [3.63, 3.8) is 0 Å². The predicted octanol–water partition coefficient (Wildman–Crippen LogP) is 3.23. The van der Waals surface area contributed by atoms with Crippen LogP contribution in [0, 0.1) is 3.57 Å². The Hall–Kier alpha value is -1.89. The molecule has 4 nitrogen and oxygen atoms in total. The SMILES string of the molecule is O=C1CCN(C(=O)c2ccc(I)c(O)c2)c2ccccc21. The van der Waals surface area contributed by atoms with Crippen LogP contribution in [0.1, 0.15) is 27.1 Å². The van der Waals surface area contributed by atoms with Crippen molar-refractivity contribution < 1.29 is 14.7 Å². The van der Waals surface area contributed by atoms with Gasteiger partial charge in [0.2, 0.25) is 0 Å². The van der Waals surface area contributed by atoms with E-state index in [2.05, 4.69) is 0 Å². The first-order valence-corrected chi connectivity index (χ1v) is 7.58. The lowest BCUT2D eigenvalue weighted by atomic mass is 9.99. The largest absolute Gasteiger partial charge is 0.507 e. The molecule has 21 heavy (non-hydrogen) atoms. The number of benzene rings is 2. The lowest BCUT2D eigenvalue weighted by Crippen LogP contribution is -2.37. The minimum absolute atomic E-state index is 0.0557. The van der Waals surface area contributed by atoms with Crippen LogP contribution in [0.3, 0.4) is 0 Å². The highest BCUT2D eigenvalue weighted by atomic mass is 127. The molecule has 0 fully saturated rings. The fourth-order valence-electron chi connectivity index (χ4n) is 2.43. The zero-order valence-corrected chi connectivity index (χ0v) is 13.2. The van der Waals surface area contributed by atoms with E-state index >= 15 is 0 Å². The Bertz CT molecular complexity index is 742. The van der Waals surface area contributed by atoms with Gasteiger partial charge in [-0.25, -0.2) is 0 Å².